The van der Waals surface area contributed by atoms with E-state index in [-0.39, 0.29) is 6.54 Å². The molecule has 0 aliphatic carbocycles. The van der Waals surface area contributed by atoms with Crippen LogP contribution >= 0.6 is 15.9 Å². The van der Waals surface area contributed by atoms with Gasteiger partial charge < -0.3 is 15.0 Å². The van der Waals surface area contributed by atoms with Gasteiger partial charge >= 0.3 is 6.09 Å². The maximum absolute atomic E-state index is 10.6. The molecule has 1 aromatic heterocycles. The lowest BCUT2D eigenvalue weighted by Gasteiger charge is -2.09. The Morgan fingerprint density at radius 3 is 3.06 bits per heavy atom. The lowest BCUT2D eigenvalue weighted by Crippen LogP contribution is -2.24. The van der Waals surface area contributed by atoms with Crippen LogP contribution in [0.4, 0.5) is 4.79 Å². The molecule has 16 heavy (non-hydrogen) atoms. The van der Waals surface area contributed by atoms with Crippen LogP contribution in [0, 0.1) is 0 Å². The molecule has 2 rings (SSSR count). The monoisotopic (exact) mass is 283 g/mol. The van der Waals surface area contributed by atoms with Crippen LogP contribution in [-0.2, 0) is 6.54 Å². The lowest BCUT2D eigenvalue weighted by molar-refractivity contribution is 0.153. The molecule has 2 aromatic rings. The molecule has 84 valence electrons. The van der Waals surface area contributed by atoms with E-state index in [2.05, 4.69) is 25.9 Å². The van der Waals surface area contributed by atoms with Crippen molar-refractivity contribution in [3.8, 4) is 0 Å². The number of fused-ring (bicyclic) bond motifs is 1. The highest BCUT2D eigenvalue weighted by atomic mass is 79.9. The molecule has 0 saturated heterocycles. The fourth-order valence-electron chi connectivity index (χ4n) is 1.40. The number of hydrogen-bond donors (Lipinski definition) is 2. The molecule has 0 aliphatic heterocycles. The van der Waals surface area contributed by atoms with E-state index in [1.807, 2.05) is 18.2 Å². The lowest BCUT2D eigenvalue weighted by atomic mass is 10.3. The second-order valence-corrected chi connectivity index (χ2v) is 4.40. The van der Waals surface area contributed by atoms with Gasteiger partial charge in [0.15, 0.2) is 0 Å². The number of aromatic amines is 1. The molecule has 0 spiro atoms. The molecule has 0 radical (unpaired) electrons. The first-order valence-corrected chi connectivity index (χ1v) is 5.44. The van der Waals surface area contributed by atoms with Crippen molar-refractivity contribution in [2.24, 2.45) is 0 Å². The molecule has 0 atom stereocenters. The van der Waals surface area contributed by atoms with Gasteiger partial charge in [-0.25, -0.2) is 9.78 Å². The van der Waals surface area contributed by atoms with Crippen LogP contribution in [0.15, 0.2) is 22.7 Å². The van der Waals surface area contributed by atoms with E-state index >= 15 is 0 Å². The summed E-state index contributed by atoms with van der Waals surface area (Å²) in [7, 11) is 1.51. The van der Waals surface area contributed by atoms with Crippen molar-refractivity contribution in [1.82, 2.24) is 14.9 Å². The maximum Gasteiger partial charge on any atom is 0.407 e. The van der Waals surface area contributed by atoms with Gasteiger partial charge in [-0.3, -0.25) is 0 Å². The zero-order chi connectivity index (χ0) is 11.7. The summed E-state index contributed by atoms with van der Waals surface area (Å²) < 4.78 is 0.960. The quantitative estimate of drug-likeness (QED) is 0.889. The summed E-state index contributed by atoms with van der Waals surface area (Å²) in [5.74, 6) is 0.637. The summed E-state index contributed by atoms with van der Waals surface area (Å²) in [5, 5.41) is 8.74. The Hall–Kier alpha value is -1.56. The Morgan fingerprint density at radius 1 is 1.62 bits per heavy atom. The highest BCUT2D eigenvalue weighted by Gasteiger charge is 2.09. The number of rotatable bonds is 2. The highest BCUT2D eigenvalue weighted by molar-refractivity contribution is 9.10. The predicted molar refractivity (Wildman–Crippen MR) is 63.3 cm³/mol. The summed E-state index contributed by atoms with van der Waals surface area (Å²) in [6.45, 7) is 0.252. The number of nitrogens with zero attached hydrogens (tertiary/aromatic N) is 2. The van der Waals surface area contributed by atoms with Gasteiger partial charge in [-0.2, -0.15) is 0 Å². The van der Waals surface area contributed by atoms with E-state index in [1.165, 1.54) is 11.9 Å². The fourth-order valence-corrected chi connectivity index (χ4v) is 1.76. The molecule has 5 nitrogen and oxygen atoms in total. The summed E-state index contributed by atoms with van der Waals surface area (Å²) in [6.07, 6.45) is -0.971. The molecule has 0 unspecified atom stereocenters. The Kier molecular flexibility index (Phi) is 2.82. The second kappa shape index (κ2) is 4.13. The van der Waals surface area contributed by atoms with Crippen molar-refractivity contribution in [1.29, 1.82) is 0 Å². The number of nitrogens with one attached hydrogen (secondary N) is 1. The molecular formula is C10H10BrN3O2. The predicted octanol–water partition coefficient (Wildman–Crippen LogP) is 2.44. The number of imidazole rings is 1. The number of aromatic nitrogens is 2. The van der Waals surface area contributed by atoms with Crippen molar-refractivity contribution in [2.75, 3.05) is 7.05 Å². The Balaban J connectivity index is 2.29. The van der Waals surface area contributed by atoms with E-state index in [1.54, 1.807) is 0 Å². The van der Waals surface area contributed by atoms with Gasteiger partial charge in [0.1, 0.15) is 5.82 Å². The Bertz CT molecular complexity index is 538. The SMILES string of the molecule is CN(Cc1nc2ccc(Br)cc2[nH]1)C(=O)O. The van der Waals surface area contributed by atoms with Gasteiger partial charge in [0.2, 0.25) is 0 Å². The van der Waals surface area contributed by atoms with Crippen LogP contribution in [0.2, 0.25) is 0 Å². The van der Waals surface area contributed by atoms with Gasteiger partial charge in [-0.1, -0.05) is 15.9 Å². The number of carboxylic acid groups (broad SMARTS) is 1. The van der Waals surface area contributed by atoms with Crippen molar-refractivity contribution >= 4 is 33.1 Å². The third-order valence-electron chi connectivity index (χ3n) is 2.21. The minimum Gasteiger partial charge on any atom is -0.465 e. The number of H-pyrrole nitrogens is 1. The molecule has 0 bridgehead atoms. The minimum atomic E-state index is -0.971. The van der Waals surface area contributed by atoms with E-state index < -0.39 is 6.09 Å². The third-order valence-corrected chi connectivity index (χ3v) is 2.70. The van der Waals surface area contributed by atoms with Crippen molar-refractivity contribution in [3.63, 3.8) is 0 Å². The van der Waals surface area contributed by atoms with Crippen LogP contribution < -0.4 is 0 Å². The van der Waals surface area contributed by atoms with E-state index in [0.717, 1.165) is 15.5 Å². The molecule has 0 saturated carbocycles. The van der Waals surface area contributed by atoms with Crippen molar-refractivity contribution in [3.05, 3.63) is 28.5 Å². The normalized spacial score (nSPS) is 10.6. The molecule has 0 aliphatic rings. The largest absolute Gasteiger partial charge is 0.465 e. The zero-order valence-electron chi connectivity index (χ0n) is 8.57. The van der Waals surface area contributed by atoms with Gasteiger partial charge in [0.25, 0.3) is 0 Å². The Labute approximate surface area is 100 Å². The molecule has 1 amide bonds. The van der Waals surface area contributed by atoms with Gasteiger partial charge in [0.05, 0.1) is 17.6 Å². The van der Waals surface area contributed by atoms with Crippen molar-refractivity contribution in [2.45, 2.75) is 6.54 Å². The van der Waals surface area contributed by atoms with Gasteiger partial charge in [-0.15, -0.1) is 0 Å². The molecule has 2 N–H and O–H groups in total. The number of hydrogen-bond acceptors (Lipinski definition) is 2. The average Bonchev–Trinajstić information content (AvgIpc) is 2.58. The smallest absolute Gasteiger partial charge is 0.407 e. The first kappa shape index (κ1) is 10.9. The number of carbonyl (C=O) groups is 1. The van der Waals surface area contributed by atoms with Crippen LogP contribution in [0.5, 0.6) is 0 Å². The first-order chi connectivity index (χ1) is 7.56. The van der Waals surface area contributed by atoms with Crippen LogP contribution in [0.25, 0.3) is 11.0 Å². The maximum atomic E-state index is 10.6. The number of halogens is 1. The highest BCUT2D eigenvalue weighted by Crippen LogP contribution is 2.18. The van der Waals surface area contributed by atoms with E-state index in [0.29, 0.717) is 5.82 Å². The summed E-state index contributed by atoms with van der Waals surface area (Å²) in [4.78, 5) is 19.2. The van der Waals surface area contributed by atoms with E-state index in [9.17, 15) is 4.79 Å². The van der Waals surface area contributed by atoms with E-state index in [4.69, 9.17) is 5.11 Å². The first-order valence-electron chi connectivity index (χ1n) is 4.64. The van der Waals surface area contributed by atoms with Gasteiger partial charge in [0, 0.05) is 11.5 Å². The molecular weight excluding hydrogens is 274 g/mol. The minimum absolute atomic E-state index is 0.252. The topological polar surface area (TPSA) is 69.2 Å². The fraction of sp³-hybridized carbons (Fsp3) is 0.200. The molecule has 0 fully saturated rings. The third kappa shape index (κ3) is 2.16. The van der Waals surface area contributed by atoms with Crippen molar-refractivity contribution < 1.29 is 9.90 Å². The van der Waals surface area contributed by atoms with Gasteiger partial charge in [-0.05, 0) is 18.2 Å². The summed E-state index contributed by atoms with van der Waals surface area (Å²) in [6, 6.07) is 5.68. The van der Waals surface area contributed by atoms with Crippen LogP contribution in [0.3, 0.4) is 0 Å². The average molecular weight is 284 g/mol. The van der Waals surface area contributed by atoms with Crippen LogP contribution in [0.1, 0.15) is 5.82 Å². The standard InChI is InChI=1S/C10H10BrN3O2/c1-14(10(15)16)5-9-12-7-3-2-6(11)4-8(7)13-9/h2-4H,5H2,1H3,(H,12,13)(H,15,16). The number of amides is 1. The second-order valence-electron chi connectivity index (χ2n) is 3.48. The zero-order valence-corrected chi connectivity index (χ0v) is 10.2. The molecule has 1 heterocycles. The summed E-state index contributed by atoms with van der Waals surface area (Å²) in [5.41, 5.74) is 1.72. The summed E-state index contributed by atoms with van der Waals surface area (Å²) >= 11 is 3.36. The number of benzene rings is 1. The molecule has 6 heteroatoms. The molecule has 1 aromatic carbocycles. The Morgan fingerprint density at radius 2 is 2.38 bits per heavy atom. The van der Waals surface area contributed by atoms with Crippen LogP contribution in [-0.4, -0.2) is 33.1 Å².